The highest BCUT2D eigenvalue weighted by atomic mass is 32.2. The van der Waals surface area contributed by atoms with Gasteiger partial charge in [0.15, 0.2) is 0 Å². The zero-order valence-corrected chi connectivity index (χ0v) is 16.5. The summed E-state index contributed by atoms with van der Waals surface area (Å²) in [7, 11) is 1.71. The zero-order valence-electron chi connectivity index (χ0n) is 14.9. The molecule has 1 aliphatic heterocycles. The fraction of sp³-hybridized carbons (Fsp3) is 0.333. The molecule has 6 nitrogen and oxygen atoms in total. The van der Waals surface area contributed by atoms with Crippen molar-refractivity contribution in [1.29, 1.82) is 0 Å². The number of rotatable bonds is 5. The second kappa shape index (κ2) is 7.59. The Bertz CT molecular complexity index is 981. The third kappa shape index (κ3) is 3.26. The molecular weight excluding hydrogens is 368 g/mol. The van der Waals surface area contributed by atoms with Crippen LogP contribution in [-0.2, 0) is 4.79 Å². The summed E-state index contributed by atoms with van der Waals surface area (Å²) in [6.07, 6.45) is 5.15. The molecule has 3 heterocycles. The first-order valence-corrected chi connectivity index (χ1v) is 9.65. The van der Waals surface area contributed by atoms with Crippen LogP contribution in [0.4, 0.5) is 5.82 Å². The number of nitrogens with one attached hydrogen (secondary N) is 1. The van der Waals surface area contributed by atoms with Gasteiger partial charge in [0.2, 0.25) is 0 Å². The van der Waals surface area contributed by atoms with Crippen LogP contribution >= 0.6 is 24.0 Å². The Morgan fingerprint density at radius 2 is 2.15 bits per heavy atom. The fourth-order valence-corrected chi connectivity index (χ4v) is 4.06. The molecule has 1 amide bonds. The molecule has 0 aliphatic carbocycles. The SMILES string of the molecule is CCCCN1C(=O)/C(=C/c2c(NC)nc3c(C)cccn3c2=O)SC1=S. The third-order valence-electron chi connectivity index (χ3n) is 4.21. The van der Waals surface area contributed by atoms with Gasteiger partial charge in [-0.05, 0) is 31.1 Å². The van der Waals surface area contributed by atoms with Crippen molar-refractivity contribution >= 4 is 51.7 Å². The van der Waals surface area contributed by atoms with E-state index in [9.17, 15) is 9.59 Å². The van der Waals surface area contributed by atoms with Crippen LogP contribution in [0.3, 0.4) is 0 Å². The van der Waals surface area contributed by atoms with Crippen LogP contribution < -0.4 is 10.9 Å². The Hall–Kier alpha value is -2.19. The molecule has 0 unspecified atom stereocenters. The molecule has 136 valence electrons. The molecular formula is C18H20N4O2S2. The monoisotopic (exact) mass is 388 g/mol. The maximum absolute atomic E-state index is 13.0. The number of hydrogen-bond acceptors (Lipinski definition) is 6. The molecule has 3 rings (SSSR count). The Morgan fingerprint density at radius 3 is 2.85 bits per heavy atom. The summed E-state index contributed by atoms with van der Waals surface area (Å²) >= 11 is 6.55. The first-order chi connectivity index (χ1) is 12.5. The van der Waals surface area contributed by atoms with E-state index >= 15 is 0 Å². The van der Waals surface area contributed by atoms with E-state index in [1.807, 2.05) is 13.0 Å². The highest BCUT2D eigenvalue weighted by molar-refractivity contribution is 8.26. The lowest BCUT2D eigenvalue weighted by Gasteiger charge is -2.13. The van der Waals surface area contributed by atoms with Crippen molar-refractivity contribution in [1.82, 2.24) is 14.3 Å². The number of anilines is 1. The topological polar surface area (TPSA) is 66.7 Å². The normalized spacial score (nSPS) is 16.1. The van der Waals surface area contributed by atoms with Gasteiger partial charge >= 0.3 is 0 Å². The molecule has 1 aliphatic rings. The first kappa shape index (κ1) is 18.6. The maximum atomic E-state index is 13.0. The predicted molar refractivity (Wildman–Crippen MR) is 111 cm³/mol. The van der Waals surface area contributed by atoms with Crippen LogP contribution in [0.5, 0.6) is 0 Å². The maximum Gasteiger partial charge on any atom is 0.267 e. The number of pyridine rings is 1. The van der Waals surface area contributed by atoms with Crippen molar-refractivity contribution < 1.29 is 4.79 Å². The Balaban J connectivity index is 2.10. The lowest BCUT2D eigenvalue weighted by molar-refractivity contribution is -0.122. The Morgan fingerprint density at radius 1 is 1.38 bits per heavy atom. The predicted octanol–water partition coefficient (Wildman–Crippen LogP) is 3.05. The average Bonchev–Trinajstić information content (AvgIpc) is 2.89. The van der Waals surface area contributed by atoms with Crippen LogP contribution in [0, 0.1) is 6.92 Å². The van der Waals surface area contributed by atoms with E-state index in [1.54, 1.807) is 30.3 Å². The van der Waals surface area contributed by atoms with Gasteiger partial charge < -0.3 is 5.32 Å². The van der Waals surface area contributed by atoms with Crippen molar-refractivity contribution in [2.24, 2.45) is 0 Å². The van der Waals surface area contributed by atoms with Crippen LogP contribution in [0.1, 0.15) is 30.9 Å². The summed E-state index contributed by atoms with van der Waals surface area (Å²) in [6, 6.07) is 3.71. The minimum atomic E-state index is -0.220. The lowest BCUT2D eigenvalue weighted by atomic mass is 10.2. The summed E-state index contributed by atoms with van der Waals surface area (Å²) < 4.78 is 2.03. The minimum Gasteiger partial charge on any atom is -0.372 e. The van der Waals surface area contributed by atoms with Gasteiger partial charge in [-0.3, -0.25) is 18.9 Å². The van der Waals surface area contributed by atoms with Gasteiger partial charge in [0.05, 0.1) is 10.5 Å². The Kier molecular flexibility index (Phi) is 5.43. The number of carbonyl (C=O) groups excluding carboxylic acids is 1. The Labute approximate surface area is 161 Å². The van der Waals surface area contributed by atoms with Crippen molar-refractivity contribution in [2.45, 2.75) is 26.7 Å². The van der Waals surface area contributed by atoms with Gasteiger partial charge in [-0.25, -0.2) is 4.98 Å². The van der Waals surface area contributed by atoms with E-state index in [-0.39, 0.29) is 11.5 Å². The summed E-state index contributed by atoms with van der Waals surface area (Å²) in [5.41, 5.74) is 1.63. The summed E-state index contributed by atoms with van der Waals surface area (Å²) in [5, 5.41) is 2.97. The molecule has 0 spiro atoms. The molecule has 2 aromatic rings. The lowest BCUT2D eigenvalue weighted by Crippen LogP contribution is -2.29. The number of aromatic nitrogens is 2. The van der Waals surface area contributed by atoms with Crippen LogP contribution in [-0.4, -0.2) is 38.1 Å². The fourth-order valence-electron chi connectivity index (χ4n) is 2.77. The van der Waals surface area contributed by atoms with Crippen molar-refractivity contribution in [3.8, 4) is 0 Å². The summed E-state index contributed by atoms with van der Waals surface area (Å²) in [4.78, 5) is 32.2. The number of thiocarbonyl (C=S) groups is 1. The average molecular weight is 389 g/mol. The van der Waals surface area contributed by atoms with Crippen molar-refractivity contribution in [3.63, 3.8) is 0 Å². The van der Waals surface area contributed by atoms with Gasteiger partial charge in [0.1, 0.15) is 15.8 Å². The van der Waals surface area contributed by atoms with E-state index in [2.05, 4.69) is 17.2 Å². The smallest absolute Gasteiger partial charge is 0.267 e. The van der Waals surface area contributed by atoms with E-state index in [0.717, 1.165) is 18.4 Å². The number of fused-ring (bicyclic) bond motifs is 1. The molecule has 8 heteroatoms. The van der Waals surface area contributed by atoms with Gasteiger partial charge in [-0.1, -0.05) is 43.4 Å². The molecule has 1 saturated heterocycles. The number of nitrogens with zero attached hydrogens (tertiary/aromatic N) is 3. The van der Waals surface area contributed by atoms with Gasteiger partial charge in [0, 0.05) is 19.8 Å². The molecule has 26 heavy (non-hydrogen) atoms. The van der Waals surface area contributed by atoms with Crippen molar-refractivity contribution in [3.05, 3.63) is 44.7 Å². The largest absolute Gasteiger partial charge is 0.372 e. The summed E-state index contributed by atoms with van der Waals surface area (Å²) in [6.45, 7) is 4.57. The number of carbonyl (C=O) groups is 1. The second-order valence-electron chi connectivity index (χ2n) is 6.00. The van der Waals surface area contributed by atoms with Crippen LogP contribution in [0.2, 0.25) is 0 Å². The van der Waals surface area contributed by atoms with Crippen LogP contribution in [0.25, 0.3) is 11.7 Å². The zero-order chi connectivity index (χ0) is 18.8. The van der Waals surface area contributed by atoms with E-state index in [4.69, 9.17) is 12.2 Å². The number of amides is 1. The molecule has 1 N–H and O–H groups in total. The number of thioether (sulfide) groups is 1. The molecule has 0 saturated carbocycles. The van der Waals surface area contributed by atoms with Crippen LogP contribution in [0.15, 0.2) is 28.0 Å². The number of unbranched alkanes of at least 4 members (excludes halogenated alkanes) is 1. The minimum absolute atomic E-state index is 0.149. The highest BCUT2D eigenvalue weighted by Gasteiger charge is 2.32. The number of hydrogen-bond donors (Lipinski definition) is 1. The van der Waals surface area contributed by atoms with Gasteiger partial charge in [-0.15, -0.1) is 0 Å². The van der Waals surface area contributed by atoms with Gasteiger partial charge in [0.25, 0.3) is 11.5 Å². The first-order valence-electron chi connectivity index (χ1n) is 8.43. The highest BCUT2D eigenvalue weighted by Crippen LogP contribution is 2.33. The molecule has 2 aromatic heterocycles. The standard InChI is InChI=1S/C18H20N4O2S2/c1-4-5-8-22-17(24)13(26-18(22)25)10-12-14(19-3)20-15-11(2)7-6-9-21(15)16(12)23/h6-7,9-10,19H,4-5,8H2,1-3H3/b13-10-. The van der Waals surface area contributed by atoms with Crippen molar-refractivity contribution in [2.75, 3.05) is 18.9 Å². The molecule has 0 radical (unpaired) electrons. The number of aryl methyl sites for hydroxylation is 1. The second-order valence-corrected chi connectivity index (χ2v) is 7.68. The quantitative estimate of drug-likeness (QED) is 0.627. The van der Waals surface area contributed by atoms with E-state index in [0.29, 0.717) is 32.8 Å². The molecule has 0 aromatic carbocycles. The summed E-state index contributed by atoms with van der Waals surface area (Å²) in [5.74, 6) is 0.298. The van der Waals surface area contributed by atoms with Gasteiger partial charge in [-0.2, -0.15) is 0 Å². The molecule has 1 fully saturated rings. The molecule has 0 bridgehead atoms. The van der Waals surface area contributed by atoms with E-state index < -0.39 is 0 Å². The third-order valence-corrected chi connectivity index (χ3v) is 5.58. The van der Waals surface area contributed by atoms with E-state index in [1.165, 1.54) is 16.2 Å². The molecule has 0 atom stereocenters.